The minimum absolute atomic E-state index is 0.320. The van der Waals surface area contributed by atoms with Gasteiger partial charge in [-0.25, -0.2) is 4.98 Å². The Morgan fingerprint density at radius 1 is 1.59 bits per heavy atom. The molecule has 2 heterocycles. The number of pyridine rings is 1. The highest BCUT2D eigenvalue weighted by Crippen LogP contribution is 2.33. The number of likely N-dealkylation sites (tertiary alicyclic amines) is 1. The molecule has 1 aliphatic rings. The zero-order valence-corrected chi connectivity index (χ0v) is 11.6. The molecule has 0 saturated carbocycles. The van der Waals surface area contributed by atoms with Crippen LogP contribution in [0, 0.1) is 17.2 Å². The number of rotatable bonds is 2. The third-order valence-corrected chi connectivity index (χ3v) is 3.50. The van der Waals surface area contributed by atoms with Crippen molar-refractivity contribution in [3.05, 3.63) is 17.8 Å². The van der Waals surface area contributed by atoms with Crippen LogP contribution in [0.3, 0.4) is 0 Å². The number of halogens is 3. The summed E-state index contributed by atoms with van der Waals surface area (Å²) in [6, 6.07) is 2.17. The van der Waals surface area contributed by atoms with Gasteiger partial charge in [0.25, 0.3) is 0 Å². The van der Waals surface area contributed by atoms with Gasteiger partial charge in [0.2, 0.25) is 5.91 Å². The second-order valence-electron chi connectivity index (χ2n) is 5.10. The van der Waals surface area contributed by atoms with Crippen molar-refractivity contribution in [2.24, 2.45) is 5.92 Å². The molecule has 0 spiro atoms. The van der Waals surface area contributed by atoms with Gasteiger partial charge in [-0.15, -0.1) is 0 Å². The first-order chi connectivity index (χ1) is 10.2. The van der Waals surface area contributed by atoms with E-state index in [1.54, 1.807) is 11.9 Å². The summed E-state index contributed by atoms with van der Waals surface area (Å²) >= 11 is 0. The molecule has 0 aromatic carbocycles. The van der Waals surface area contributed by atoms with Crippen LogP contribution in [0.5, 0.6) is 5.75 Å². The molecule has 1 fully saturated rings. The summed E-state index contributed by atoms with van der Waals surface area (Å²) in [7, 11) is 1.70. The number of hydrogen-bond acceptors (Lipinski definition) is 5. The fourth-order valence-corrected chi connectivity index (χ4v) is 2.26. The van der Waals surface area contributed by atoms with E-state index in [1.807, 2.05) is 0 Å². The molecule has 0 aliphatic carbocycles. The Labute approximate surface area is 124 Å². The monoisotopic (exact) mass is 314 g/mol. The predicted octanol–water partition coefficient (Wildman–Crippen LogP) is 1.59. The summed E-state index contributed by atoms with van der Waals surface area (Å²) in [6.07, 6.45) is -3.77. The third kappa shape index (κ3) is 3.28. The van der Waals surface area contributed by atoms with Crippen LogP contribution in [-0.4, -0.2) is 40.5 Å². The molecular formula is C13H13F3N4O2. The number of carbonyl (C=O) groups excluding carboxylic acids is 1. The van der Waals surface area contributed by atoms with Gasteiger partial charge in [0.15, 0.2) is 11.6 Å². The molecule has 0 radical (unpaired) electrons. The van der Waals surface area contributed by atoms with Crippen molar-refractivity contribution < 1.29 is 23.1 Å². The second kappa shape index (κ2) is 5.81. The number of carbonyl (C=O) groups is 1. The lowest BCUT2D eigenvalue weighted by Crippen LogP contribution is -2.26. The Hall–Kier alpha value is -2.34. The van der Waals surface area contributed by atoms with Crippen LogP contribution in [-0.2, 0) is 11.0 Å². The lowest BCUT2D eigenvalue weighted by atomic mass is 10.1. The van der Waals surface area contributed by atoms with Gasteiger partial charge in [-0.05, 0) is 19.5 Å². The van der Waals surface area contributed by atoms with Crippen molar-refractivity contribution in [1.29, 1.82) is 5.26 Å². The van der Waals surface area contributed by atoms with Crippen molar-refractivity contribution in [3.63, 3.8) is 0 Å². The number of alkyl halides is 3. The number of nitrogens with one attached hydrogen (secondary N) is 1. The van der Waals surface area contributed by atoms with Crippen LogP contribution < -0.4 is 5.32 Å². The molecule has 1 aromatic heterocycles. The maximum absolute atomic E-state index is 12.5. The van der Waals surface area contributed by atoms with Gasteiger partial charge in [0, 0.05) is 12.7 Å². The molecule has 22 heavy (non-hydrogen) atoms. The second-order valence-corrected chi connectivity index (χ2v) is 5.10. The highest BCUT2D eigenvalue weighted by Gasteiger charge is 2.35. The molecular weight excluding hydrogens is 301 g/mol. The Kier molecular flexibility index (Phi) is 4.23. The van der Waals surface area contributed by atoms with E-state index in [-0.39, 0.29) is 11.9 Å². The first kappa shape index (κ1) is 16.0. The summed E-state index contributed by atoms with van der Waals surface area (Å²) in [5.74, 6) is -2.07. The van der Waals surface area contributed by atoms with Crippen molar-refractivity contribution in [2.75, 3.05) is 18.9 Å². The van der Waals surface area contributed by atoms with Gasteiger partial charge in [-0.3, -0.25) is 9.69 Å². The van der Waals surface area contributed by atoms with Crippen molar-refractivity contribution in [1.82, 2.24) is 9.88 Å². The lowest BCUT2D eigenvalue weighted by Gasteiger charge is -2.13. The number of aromatic nitrogens is 1. The smallest absolute Gasteiger partial charge is 0.418 e. The van der Waals surface area contributed by atoms with Gasteiger partial charge in [-0.2, -0.15) is 18.4 Å². The number of amides is 1. The van der Waals surface area contributed by atoms with Gasteiger partial charge in [0.05, 0.1) is 23.6 Å². The Morgan fingerprint density at radius 3 is 2.77 bits per heavy atom. The van der Waals surface area contributed by atoms with Crippen molar-refractivity contribution >= 4 is 11.7 Å². The molecule has 2 atom stereocenters. The minimum atomic E-state index is -4.62. The number of anilines is 1. The largest absolute Gasteiger partial charge is 0.504 e. The molecule has 1 amide bonds. The molecule has 2 N–H and O–H groups in total. The predicted molar refractivity (Wildman–Crippen MR) is 69.7 cm³/mol. The van der Waals surface area contributed by atoms with Gasteiger partial charge >= 0.3 is 6.18 Å². The quantitative estimate of drug-likeness (QED) is 0.865. The first-order valence-corrected chi connectivity index (χ1v) is 6.39. The first-order valence-electron chi connectivity index (χ1n) is 6.39. The summed E-state index contributed by atoms with van der Waals surface area (Å²) in [4.78, 5) is 17.2. The normalized spacial score (nSPS) is 22.3. The molecule has 6 nitrogen and oxygen atoms in total. The molecule has 0 bridgehead atoms. The summed E-state index contributed by atoms with van der Waals surface area (Å²) in [5.41, 5.74) is -1.10. The van der Waals surface area contributed by atoms with Crippen molar-refractivity contribution in [3.8, 4) is 11.8 Å². The minimum Gasteiger partial charge on any atom is -0.504 e. The zero-order chi connectivity index (χ0) is 16.5. The Bertz CT molecular complexity index is 627. The van der Waals surface area contributed by atoms with E-state index in [4.69, 9.17) is 5.26 Å². The standard InChI is InChI=1S/C13H13F3N4O2/c1-20-6-7(2-9(20)4-17)12(22)19-11-10(21)3-8(5-18-11)13(14,15)16/h3,5,7,9,21H,2,6H2,1H3,(H,18,19,22). The average Bonchev–Trinajstić information content (AvgIpc) is 2.81. The van der Waals surface area contributed by atoms with Crippen molar-refractivity contribution in [2.45, 2.75) is 18.6 Å². The van der Waals surface area contributed by atoms with E-state index < -0.39 is 29.3 Å². The fourth-order valence-electron chi connectivity index (χ4n) is 2.26. The molecule has 1 aliphatic heterocycles. The zero-order valence-electron chi connectivity index (χ0n) is 11.6. The number of nitrogens with zero attached hydrogens (tertiary/aromatic N) is 3. The summed E-state index contributed by atoms with van der Waals surface area (Å²) < 4.78 is 37.4. The number of nitriles is 1. The molecule has 9 heteroatoms. The van der Waals surface area contributed by atoms with Crippen LogP contribution in [0.1, 0.15) is 12.0 Å². The maximum Gasteiger partial charge on any atom is 0.418 e. The average molecular weight is 314 g/mol. The van der Waals surface area contributed by atoms with E-state index >= 15 is 0 Å². The topological polar surface area (TPSA) is 89.2 Å². The SMILES string of the molecule is CN1CC(C(=O)Nc2ncc(C(F)(F)F)cc2O)CC1C#N. The van der Waals surface area contributed by atoms with Gasteiger partial charge < -0.3 is 10.4 Å². The summed E-state index contributed by atoms with van der Waals surface area (Å²) in [6.45, 7) is 0.353. The van der Waals surface area contributed by atoms with Gasteiger partial charge in [-0.1, -0.05) is 0 Å². The van der Waals surface area contributed by atoms with E-state index in [9.17, 15) is 23.1 Å². The van der Waals surface area contributed by atoms with Crippen LogP contribution in [0.25, 0.3) is 0 Å². The molecule has 1 saturated heterocycles. The molecule has 2 rings (SSSR count). The number of aromatic hydroxyl groups is 1. The highest BCUT2D eigenvalue weighted by molar-refractivity contribution is 5.93. The van der Waals surface area contributed by atoms with Gasteiger partial charge in [0.1, 0.15) is 0 Å². The highest BCUT2D eigenvalue weighted by atomic mass is 19.4. The van der Waals surface area contributed by atoms with Crippen LogP contribution in [0.2, 0.25) is 0 Å². The molecule has 2 unspecified atom stereocenters. The fraction of sp³-hybridized carbons (Fsp3) is 0.462. The molecule has 118 valence electrons. The maximum atomic E-state index is 12.5. The van der Waals surface area contributed by atoms with Crippen LogP contribution in [0.15, 0.2) is 12.3 Å². The Morgan fingerprint density at radius 2 is 2.27 bits per heavy atom. The van der Waals surface area contributed by atoms with Crippen LogP contribution in [0.4, 0.5) is 19.0 Å². The number of hydrogen-bond donors (Lipinski definition) is 2. The van der Waals surface area contributed by atoms with E-state index in [1.165, 1.54) is 0 Å². The summed E-state index contributed by atoms with van der Waals surface area (Å²) in [5, 5.41) is 20.7. The van der Waals surface area contributed by atoms with Crippen LogP contribution >= 0.6 is 0 Å². The third-order valence-electron chi connectivity index (χ3n) is 3.50. The Balaban J connectivity index is 2.09. The lowest BCUT2D eigenvalue weighted by molar-refractivity contribution is -0.137. The van der Waals surface area contributed by atoms with E-state index in [0.717, 1.165) is 0 Å². The van der Waals surface area contributed by atoms with E-state index in [0.29, 0.717) is 25.2 Å². The van der Waals surface area contributed by atoms with E-state index in [2.05, 4.69) is 16.4 Å². The molecule has 1 aromatic rings.